The number of nitrogens with one attached hydrogen (secondary N) is 2. The number of ether oxygens (including phenoxy) is 3. The lowest BCUT2D eigenvalue weighted by Gasteiger charge is -2.19. The summed E-state index contributed by atoms with van der Waals surface area (Å²) in [5.74, 6) is 0.00354. The number of hydrogen-bond donors (Lipinski definition) is 2. The maximum atomic E-state index is 12.6. The second kappa shape index (κ2) is 13.6. The van der Waals surface area contributed by atoms with Crippen LogP contribution in [0.3, 0.4) is 0 Å². The highest BCUT2D eigenvalue weighted by atomic mass is 16.6. The molecular weight excluding hydrogens is 438 g/mol. The summed E-state index contributed by atoms with van der Waals surface area (Å²) in [6, 6.07) is 13.4. The minimum Gasteiger partial charge on any atom is -0.484 e. The van der Waals surface area contributed by atoms with Crippen molar-refractivity contribution in [3.63, 3.8) is 0 Å². The van der Waals surface area contributed by atoms with Gasteiger partial charge in [-0.05, 0) is 60.7 Å². The number of carbonyl (C=O) groups excluding carboxylic acids is 3. The topological polar surface area (TPSA) is 115 Å². The molecule has 0 fully saturated rings. The lowest BCUT2D eigenvalue weighted by molar-refractivity contribution is -0.142. The number of hydrazone groups is 1. The molecule has 1 atom stereocenters. The summed E-state index contributed by atoms with van der Waals surface area (Å²) in [7, 11) is 1.29. The van der Waals surface area contributed by atoms with Gasteiger partial charge in [-0.25, -0.2) is 10.2 Å². The van der Waals surface area contributed by atoms with Crippen LogP contribution in [0.25, 0.3) is 0 Å². The molecule has 0 aromatic heterocycles. The van der Waals surface area contributed by atoms with Gasteiger partial charge in [-0.15, -0.1) is 0 Å². The Bertz CT molecular complexity index is 988. The van der Waals surface area contributed by atoms with Crippen LogP contribution in [0, 0.1) is 12.8 Å². The summed E-state index contributed by atoms with van der Waals surface area (Å²) in [5.41, 5.74) is 4.10. The van der Waals surface area contributed by atoms with E-state index in [-0.39, 0.29) is 19.1 Å². The van der Waals surface area contributed by atoms with Gasteiger partial charge in [0.25, 0.3) is 11.8 Å². The average Bonchev–Trinajstić information content (AvgIpc) is 2.82. The van der Waals surface area contributed by atoms with Crippen LogP contribution in [-0.2, 0) is 19.1 Å². The minimum absolute atomic E-state index is 0.176. The van der Waals surface area contributed by atoms with E-state index in [9.17, 15) is 14.4 Å². The molecule has 0 aliphatic heterocycles. The highest BCUT2D eigenvalue weighted by Gasteiger charge is 2.22. The van der Waals surface area contributed by atoms with E-state index in [2.05, 4.69) is 20.6 Å². The van der Waals surface area contributed by atoms with Gasteiger partial charge in [0.05, 0.1) is 13.3 Å². The van der Waals surface area contributed by atoms with Crippen LogP contribution >= 0.6 is 0 Å². The fourth-order valence-corrected chi connectivity index (χ4v) is 2.90. The third-order valence-electron chi connectivity index (χ3n) is 4.66. The van der Waals surface area contributed by atoms with E-state index in [1.54, 1.807) is 30.3 Å². The van der Waals surface area contributed by atoms with Crippen molar-refractivity contribution in [3.05, 3.63) is 59.7 Å². The van der Waals surface area contributed by atoms with Crippen LogP contribution in [0.1, 0.15) is 31.4 Å². The molecule has 34 heavy (non-hydrogen) atoms. The fraction of sp³-hybridized carbons (Fsp3) is 0.360. The lowest BCUT2D eigenvalue weighted by atomic mass is 10.0. The fourth-order valence-electron chi connectivity index (χ4n) is 2.90. The molecular formula is C25H31N3O6. The number of para-hydroxylation sites is 1. The van der Waals surface area contributed by atoms with Crippen LogP contribution in [0.15, 0.2) is 53.6 Å². The molecule has 0 spiro atoms. The Morgan fingerprint density at radius 1 is 1.00 bits per heavy atom. The van der Waals surface area contributed by atoms with E-state index >= 15 is 0 Å². The number of hydrogen-bond acceptors (Lipinski definition) is 7. The highest BCUT2D eigenvalue weighted by molar-refractivity contribution is 5.89. The molecule has 2 amide bonds. The van der Waals surface area contributed by atoms with E-state index < -0.39 is 23.8 Å². The van der Waals surface area contributed by atoms with Crippen molar-refractivity contribution >= 4 is 24.0 Å². The van der Waals surface area contributed by atoms with Gasteiger partial charge in [0, 0.05) is 0 Å². The summed E-state index contributed by atoms with van der Waals surface area (Å²) in [6.45, 7) is 5.44. The smallest absolute Gasteiger partial charge is 0.343 e. The first kappa shape index (κ1) is 26.4. The molecule has 9 nitrogen and oxygen atoms in total. The number of carbonyl (C=O) groups is 3. The van der Waals surface area contributed by atoms with E-state index in [0.29, 0.717) is 23.5 Å². The average molecular weight is 470 g/mol. The third-order valence-corrected chi connectivity index (χ3v) is 4.66. The molecule has 0 saturated heterocycles. The standard InChI is InChI=1S/C25H31N3O6/c1-17(2)13-21(27-23(29)15-34-22-8-6-5-7-18(22)3)25(31)28-26-14-19-9-11-20(12-10-19)33-16-24(30)32-4/h5-12,14,17,21H,13,15-16H2,1-4H3,(H,27,29)(H,28,31)/b26-14-/t21-/m1/s1. The van der Waals surface area contributed by atoms with Gasteiger partial charge >= 0.3 is 5.97 Å². The van der Waals surface area contributed by atoms with Crippen molar-refractivity contribution in [2.45, 2.75) is 33.2 Å². The predicted octanol–water partition coefficient (Wildman–Crippen LogP) is 2.61. The Morgan fingerprint density at radius 2 is 1.71 bits per heavy atom. The van der Waals surface area contributed by atoms with Gasteiger partial charge in [0.1, 0.15) is 17.5 Å². The first-order chi connectivity index (χ1) is 16.3. The van der Waals surface area contributed by atoms with Gasteiger partial charge in [0.15, 0.2) is 13.2 Å². The first-order valence-corrected chi connectivity index (χ1v) is 10.9. The van der Waals surface area contributed by atoms with Crippen molar-refractivity contribution in [1.29, 1.82) is 0 Å². The summed E-state index contributed by atoms with van der Waals surface area (Å²) in [6.07, 6.45) is 1.92. The monoisotopic (exact) mass is 469 g/mol. The molecule has 0 bridgehead atoms. The molecule has 0 radical (unpaired) electrons. The second-order valence-electron chi connectivity index (χ2n) is 7.97. The molecule has 0 unspecified atom stereocenters. The summed E-state index contributed by atoms with van der Waals surface area (Å²) >= 11 is 0. The lowest BCUT2D eigenvalue weighted by Crippen LogP contribution is -2.47. The number of methoxy groups -OCH3 is 1. The number of esters is 1. The molecule has 2 rings (SSSR count). The Balaban J connectivity index is 1.88. The molecule has 0 aliphatic carbocycles. The molecule has 2 aromatic carbocycles. The van der Waals surface area contributed by atoms with Crippen molar-refractivity contribution in [1.82, 2.24) is 10.7 Å². The van der Waals surface area contributed by atoms with E-state index in [4.69, 9.17) is 9.47 Å². The van der Waals surface area contributed by atoms with E-state index in [1.807, 2.05) is 39.0 Å². The van der Waals surface area contributed by atoms with Crippen molar-refractivity contribution in [2.24, 2.45) is 11.0 Å². The molecule has 0 saturated carbocycles. The largest absolute Gasteiger partial charge is 0.484 e. The van der Waals surface area contributed by atoms with Gasteiger partial charge in [0.2, 0.25) is 0 Å². The summed E-state index contributed by atoms with van der Waals surface area (Å²) in [5, 5.41) is 6.70. The number of amides is 2. The van der Waals surface area contributed by atoms with Crippen LogP contribution < -0.4 is 20.2 Å². The van der Waals surface area contributed by atoms with Gasteiger partial charge < -0.3 is 19.5 Å². The highest BCUT2D eigenvalue weighted by Crippen LogP contribution is 2.16. The number of aryl methyl sites for hydroxylation is 1. The summed E-state index contributed by atoms with van der Waals surface area (Å²) < 4.78 is 15.4. The zero-order valence-electron chi connectivity index (χ0n) is 19.9. The molecule has 2 aromatic rings. The van der Waals surface area contributed by atoms with Crippen molar-refractivity contribution in [2.75, 3.05) is 20.3 Å². The first-order valence-electron chi connectivity index (χ1n) is 10.9. The molecule has 0 aliphatic rings. The quantitative estimate of drug-likeness (QED) is 0.281. The van der Waals surface area contributed by atoms with Crippen LogP contribution in [0.5, 0.6) is 11.5 Å². The predicted molar refractivity (Wildman–Crippen MR) is 128 cm³/mol. The molecule has 0 heterocycles. The van der Waals surface area contributed by atoms with Gasteiger partial charge in [-0.3, -0.25) is 9.59 Å². The Morgan fingerprint density at radius 3 is 2.35 bits per heavy atom. The van der Waals surface area contributed by atoms with E-state index in [0.717, 1.165) is 5.56 Å². The zero-order chi connectivity index (χ0) is 24.9. The van der Waals surface area contributed by atoms with Crippen molar-refractivity contribution in [3.8, 4) is 11.5 Å². The van der Waals surface area contributed by atoms with Crippen LogP contribution in [0.4, 0.5) is 0 Å². The van der Waals surface area contributed by atoms with Gasteiger partial charge in [-0.2, -0.15) is 5.10 Å². The number of rotatable bonds is 12. The molecule has 9 heteroatoms. The third kappa shape index (κ3) is 9.32. The Labute approximate surface area is 199 Å². The Hall–Kier alpha value is -3.88. The molecule has 182 valence electrons. The molecule has 2 N–H and O–H groups in total. The van der Waals surface area contributed by atoms with Crippen molar-refractivity contribution < 1.29 is 28.6 Å². The van der Waals surface area contributed by atoms with E-state index in [1.165, 1.54) is 13.3 Å². The number of nitrogens with zero attached hydrogens (tertiary/aromatic N) is 1. The normalized spacial score (nSPS) is 11.7. The SMILES string of the molecule is COC(=O)COc1ccc(/C=N\NC(=O)[C@@H](CC(C)C)NC(=O)COc2ccccc2C)cc1. The number of benzene rings is 2. The maximum absolute atomic E-state index is 12.6. The maximum Gasteiger partial charge on any atom is 0.343 e. The minimum atomic E-state index is -0.751. The summed E-state index contributed by atoms with van der Waals surface area (Å²) in [4.78, 5) is 36.1. The van der Waals surface area contributed by atoms with Gasteiger partial charge in [-0.1, -0.05) is 32.0 Å². The Kier molecular flexibility index (Phi) is 10.6. The van der Waals surface area contributed by atoms with Crippen LogP contribution in [0.2, 0.25) is 0 Å². The van der Waals surface area contributed by atoms with Crippen LogP contribution in [-0.4, -0.2) is 50.4 Å². The second-order valence-corrected chi connectivity index (χ2v) is 7.97. The zero-order valence-corrected chi connectivity index (χ0v) is 19.9.